The zero-order valence-electron chi connectivity index (χ0n) is 11.1. The highest BCUT2D eigenvalue weighted by atomic mass is 35.5. The van der Waals surface area contributed by atoms with Crippen molar-refractivity contribution in [2.24, 2.45) is 11.5 Å². The van der Waals surface area contributed by atoms with E-state index in [1.165, 1.54) is 0 Å². The molecule has 0 saturated heterocycles. The Kier molecular flexibility index (Phi) is 4.45. The van der Waals surface area contributed by atoms with Gasteiger partial charge in [0.1, 0.15) is 0 Å². The summed E-state index contributed by atoms with van der Waals surface area (Å²) in [7, 11) is 0. The van der Waals surface area contributed by atoms with Crippen LogP contribution in [-0.2, 0) is 6.54 Å². The van der Waals surface area contributed by atoms with Crippen molar-refractivity contribution in [3.63, 3.8) is 0 Å². The Hall–Kier alpha value is -2.53. The molecule has 2 rings (SSSR count). The Bertz CT molecular complexity index is 684. The Balaban J connectivity index is 2.04. The molecule has 0 aromatic heterocycles. The van der Waals surface area contributed by atoms with Crippen LogP contribution >= 0.6 is 11.6 Å². The second-order valence-corrected chi connectivity index (χ2v) is 4.88. The van der Waals surface area contributed by atoms with Crippen LogP contribution in [0.15, 0.2) is 42.5 Å². The number of amides is 2. The highest BCUT2D eigenvalue weighted by molar-refractivity contribution is 6.34. The second-order valence-electron chi connectivity index (χ2n) is 4.47. The van der Waals surface area contributed by atoms with Crippen LogP contribution in [0.2, 0.25) is 5.02 Å². The van der Waals surface area contributed by atoms with Gasteiger partial charge in [-0.1, -0.05) is 23.7 Å². The van der Waals surface area contributed by atoms with E-state index in [9.17, 15) is 9.59 Å². The van der Waals surface area contributed by atoms with E-state index in [-0.39, 0.29) is 5.56 Å². The van der Waals surface area contributed by atoms with Gasteiger partial charge < -0.3 is 16.8 Å². The number of carbonyl (C=O) groups is 2. The molecular weight excluding hydrogens is 290 g/mol. The molecule has 2 amide bonds. The van der Waals surface area contributed by atoms with E-state index in [4.69, 9.17) is 23.1 Å². The van der Waals surface area contributed by atoms with Gasteiger partial charge in [-0.25, -0.2) is 0 Å². The molecule has 0 heterocycles. The fraction of sp³-hybridized carbons (Fsp3) is 0.0667. The van der Waals surface area contributed by atoms with Crippen molar-refractivity contribution in [1.82, 2.24) is 0 Å². The van der Waals surface area contributed by atoms with Gasteiger partial charge in [-0.15, -0.1) is 0 Å². The monoisotopic (exact) mass is 303 g/mol. The number of nitrogens with two attached hydrogens (primary N) is 2. The van der Waals surface area contributed by atoms with Gasteiger partial charge in [-0.2, -0.15) is 0 Å². The molecule has 108 valence electrons. The number of anilines is 1. The van der Waals surface area contributed by atoms with Gasteiger partial charge in [0.25, 0.3) is 0 Å². The molecule has 0 bridgehead atoms. The van der Waals surface area contributed by atoms with Crippen LogP contribution in [0.5, 0.6) is 0 Å². The minimum Gasteiger partial charge on any atom is -0.381 e. The number of rotatable bonds is 5. The Labute approximate surface area is 126 Å². The highest BCUT2D eigenvalue weighted by Gasteiger charge is 2.07. The lowest BCUT2D eigenvalue weighted by Gasteiger charge is -2.08. The van der Waals surface area contributed by atoms with Crippen LogP contribution in [0.4, 0.5) is 5.69 Å². The van der Waals surface area contributed by atoms with Gasteiger partial charge in [0, 0.05) is 17.8 Å². The SMILES string of the molecule is NC(=O)c1ccc(CNc2ccc(C(N)=O)c(Cl)c2)cc1. The molecule has 6 heteroatoms. The van der Waals surface area contributed by atoms with E-state index in [1.54, 1.807) is 30.3 Å². The standard InChI is InChI=1S/C15H14ClN3O2/c16-13-7-11(5-6-12(13)15(18)21)19-8-9-1-3-10(4-2-9)14(17)20/h1-7,19H,8H2,(H2,17,20)(H2,18,21). The molecule has 0 unspecified atom stereocenters. The molecule has 5 nitrogen and oxygen atoms in total. The van der Waals surface area contributed by atoms with E-state index < -0.39 is 11.8 Å². The molecule has 2 aromatic carbocycles. The Morgan fingerprint density at radius 3 is 2.19 bits per heavy atom. The summed E-state index contributed by atoms with van der Waals surface area (Å²) < 4.78 is 0. The second kappa shape index (κ2) is 6.28. The molecule has 5 N–H and O–H groups in total. The fourth-order valence-electron chi connectivity index (χ4n) is 1.82. The number of primary amides is 2. The molecule has 0 atom stereocenters. The number of halogens is 1. The molecule has 21 heavy (non-hydrogen) atoms. The number of hydrogen-bond acceptors (Lipinski definition) is 3. The first-order valence-electron chi connectivity index (χ1n) is 6.19. The van der Waals surface area contributed by atoms with E-state index >= 15 is 0 Å². The van der Waals surface area contributed by atoms with Crippen molar-refractivity contribution in [1.29, 1.82) is 0 Å². The number of nitrogens with one attached hydrogen (secondary N) is 1. The third kappa shape index (κ3) is 3.73. The first-order valence-corrected chi connectivity index (χ1v) is 6.57. The maximum absolute atomic E-state index is 11.1. The van der Waals surface area contributed by atoms with Gasteiger partial charge >= 0.3 is 0 Å². The highest BCUT2D eigenvalue weighted by Crippen LogP contribution is 2.21. The van der Waals surface area contributed by atoms with Crippen LogP contribution in [0.1, 0.15) is 26.3 Å². The Morgan fingerprint density at radius 2 is 1.67 bits per heavy atom. The van der Waals surface area contributed by atoms with Crippen LogP contribution in [0, 0.1) is 0 Å². The molecule has 0 saturated carbocycles. The van der Waals surface area contributed by atoms with Crippen molar-refractivity contribution < 1.29 is 9.59 Å². The zero-order chi connectivity index (χ0) is 15.4. The summed E-state index contributed by atoms with van der Waals surface area (Å²) in [4.78, 5) is 22.0. The lowest BCUT2D eigenvalue weighted by molar-refractivity contribution is 0.0992. The number of benzene rings is 2. The lowest BCUT2D eigenvalue weighted by atomic mass is 10.1. The number of hydrogen-bond donors (Lipinski definition) is 3. The average molecular weight is 304 g/mol. The van der Waals surface area contributed by atoms with Gasteiger partial charge in [-0.05, 0) is 35.9 Å². The van der Waals surface area contributed by atoms with Crippen LogP contribution in [0.25, 0.3) is 0 Å². The van der Waals surface area contributed by atoms with Crippen molar-refractivity contribution in [2.75, 3.05) is 5.32 Å². The van der Waals surface area contributed by atoms with E-state index in [0.717, 1.165) is 11.3 Å². The van der Waals surface area contributed by atoms with E-state index in [0.29, 0.717) is 17.1 Å². The largest absolute Gasteiger partial charge is 0.381 e. The van der Waals surface area contributed by atoms with Crippen molar-refractivity contribution in [2.45, 2.75) is 6.54 Å². The molecule has 0 fully saturated rings. The normalized spacial score (nSPS) is 10.1. The quantitative estimate of drug-likeness (QED) is 0.789. The van der Waals surface area contributed by atoms with Gasteiger partial charge in [0.2, 0.25) is 11.8 Å². The third-order valence-electron chi connectivity index (χ3n) is 2.97. The lowest BCUT2D eigenvalue weighted by Crippen LogP contribution is -2.12. The summed E-state index contributed by atoms with van der Waals surface area (Å²) >= 11 is 5.97. The summed E-state index contributed by atoms with van der Waals surface area (Å²) in [5.74, 6) is -1.02. The maximum atomic E-state index is 11.1. The summed E-state index contributed by atoms with van der Waals surface area (Å²) in [5.41, 5.74) is 12.9. The minimum absolute atomic E-state index is 0.285. The molecule has 2 aromatic rings. The molecule has 0 aliphatic rings. The predicted octanol–water partition coefficient (Wildman–Crippen LogP) is 2.15. The van der Waals surface area contributed by atoms with E-state index in [1.807, 2.05) is 12.1 Å². The minimum atomic E-state index is -0.561. The number of carbonyl (C=O) groups excluding carboxylic acids is 2. The summed E-state index contributed by atoms with van der Waals surface area (Å²) in [6.07, 6.45) is 0. The molecule has 0 aliphatic heterocycles. The summed E-state index contributed by atoms with van der Waals surface area (Å²) in [6, 6.07) is 11.9. The zero-order valence-corrected chi connectivity index (χ0v) is 11.9. The van der Waals surface area contributed by atoms with Gasteiger partial charge in [-0.3, -0.25) is 9.59 Å². The molecule has 0 radical (unpaired) electrons. The van der Waals surface area contributed by atoms with Crippen molar-refractivity contribution in [3.8, 4) is 0 Å². The van der Waals surface area contributed by atoms with Crippen molar-refractivity contribution >= 4 is 29.1 Å². The Morgan fingerprint density at radius 1 is 1.00 bits per heavy atom. The smallest absolute Gasteiger partial charge is 0.250 e. The first-order chi connectivity index (χ1) is 9.97. The third-order valence-corrected chi connectivity index (χ3v) is 3.28. The first kappa shape index (κ1) is 14.9. The van der Waals surface area contributed by atoms with E-state index in [2.05, 4.69) is 5.32 Å². The van der Waals surface area contributed by atoms with Crippen LogP contribution in [-0.4, -0.2) is 11.8 Å². The predicted molar refractivity (Wildman–Crippen MR) is 82.3 cm³/mol. The summed E-state index contributed by atoms with van der Waals surface area (Å²) in [5, 5.41) is 3.47. The maximum Gasteiger partial charge on any atom is 0.250 e. The van der Waals surface area contributed by atoms with Crippen LogP contribution < -0.4 is 16.8 Å². The van der Waals surface area contributed by atoms with Crippen molar-refractivity contribution in [3.05, 3.63) is 64.2 Å². The fourth-order valence-corrected chi connectivity index (χ4v) is 2.09. The van der Waals surface area contributed by atoms with Gasteiger partial charge in [0.05, 0.1) is 10.6 Å². The molecule has 0 spiro atoms. The molecular formula is C15H14ClN3O2. The summed E-state index contributed by atoms with van der Waals surface area (Å²) in [6.45, 7) is 0.547. The average Bonchev–Trinajstić information content (AvgIpc) is 2.45. The van der Waals surface area contributed by atoms with Crippen LogP contribution in [0.3, 0.4) is 0 Å². The molecule has 0 aliphatic carbocycles. The topological polar surface area (TPSA) is 98.2 Å². The van der Waals surface area contributed by atoms with Gasteiger partial charge in [0.15, 0.2) is 0 Å².